The number of aryl methyl sites for hydroxylation is 2. The number of aromatic nitrogens is 2. The lowest BCUT2D eigenvalue weighted by atomic mass is 10.0. The maximum atomic E-state index is 12.9. The van der Waals surface area contributed by atoms with E-state index in [2.05, 4.69) is 27.0 Å². The smallest absolute Gasteiger partial charge is 0.373 e. The Morgan fingerprint density at radius 3 is 1.61 bits per heavy atom. The van der Waals surface area contributed by atoms with Crippen LogP contribution in [0.25, 0.3) is 38.5 Å². The van der Waals surface area contributed by atoms with Crippen LogP contribution in [0.4, 0.5) is 17.2 Å². The Kier molecular flexibility index (Phi) is 21.8. The molecule has 346 valence electrons. The molecule has 0 bridgehead atoms. The van der Waals surface area contributed by atoms with Crippen LogP contribution in [0.15, 0.2) is 174 Å². The summed E-state index contributed by atoms with van der Waals surface area (Å²) >= 11 is 0. The van der Waals surface area contributed by atoms with Crippen LogP contribution in [0.5, 0.6) is 0 Å². The number of nitrogens with two attached hydrogens (primary N) is 3. The molecule has 2 heterocycles. The van der Waals surface area contributed by atoms with Gasteiger partial charge in [0.2, 0.25) is 12.0 Å². The van der Waals surface area contributed by atoms with E-state index in [1.165, 1.54) is 22.6 Å². The molecule has 8 rings (SSSR count). The number of allylic oxidation sites excluding steroid dienone is 1. The summed E-state index contributed by atoms with van der Waals surface area (Å²) < 4.78 is 0. The third-order valence-electron chi connectivity index (χ3n) is 9.37. The van der Waals surface area contributed by atoms with E-state index in [9.17, 15) is 19.2 Å². The minimum absolute atomic E-state index is 0.0365. The van der Waals surface area contributed by atoms with Crippen LogP contribution in [-0.4, -0.2) is 46.5 Å². The summed E-state index contributed by atoms with van der Waals surface area (Å²) in [7, 11) is 0. The second kappa shape index (κ2) is 28.4. The van der Waals surface area contributed by atoms with Crippen LogP contribution in [0.3, 0.4) is 0 Å². The fraction of sp³-hybridized carbons (Fsp3) is 0.0566. The number of hydrogen-bond donors (Lipinski definition) is 3. The maximum absolute atomic E-state index is 12.9. The molecule has 0 atom stereocenters. The number of amides is 2. The molecule has 0 spiro atoms. The van der Waals surface area contributed by atoms with E-state index in [1.54, 1.807) is 6.07 Å². The maximum Gasteiger partial charge on any atom is 0.373 e. The molecule has 0 saturated heterocycles. The Morgan fingerprint density at radius 1 is 0.686 bits per heavy atom. The van der Waals surface area contributed by atoms with Gasteiger partial charge in [-0.25, -0.2) is 14.8 Å². The predicted octanol–water partition coefficient (Wildman–Crippen LogP) is 7.92. The summed E-state index contributed by atoms with van der Waals surface area (Å²) in [5, 5.41) is 7.98. The number of isocyanates is 1. The molecule has 6 aromatic carbocycles. The van der Waals surface area contributed by atoms with Crippen molar-refractivity contribution >= 4 is 53.7 Å². The highest BCUT2D eigenvalue weighted by Gasteiger charge is 2.35. The van der Waals surface area contributed by atoms with Crippen molar-refractivity contribution in [2.45, 2.75) is 20.3 Å². The van der Waals surface area contributed by atoms with Crippen molar-refractivity contribution in [2.24, 2.45) is 22.2 Å². The van der Waals surface area contributed by atoms with Crippen LogP contribution in [0.1, 0.15) is 37.5 Å². The lowest BCUT2D eigenvalue weighted by molar-refractivity contribution is -0.193. The van der Waals surface area contributed by atoms with Gasteiger partial charge in [-0.1, -0.05) is 140 Å². The summed E-state index contributed by atoms with van der Waals surface area (Å²) in [5.41, 5.74) is 25.2. The normalized spacial score (nSPS) is 10.4. The molecule has 1 aliphatic rings. The van der Waals surface area contributed by atoms with E-state index in [1.807, 2.05) is 153 Å². The van der Waals surface area contributed by atoms with Crippen LogP contribution in [0, 0.1) is 31.8 Å². The zero-order valence-corrected chi connectivity index (χ0v) is 37.5. The Hall–Kier alpha value is -10.5. The predicted molar refractivity (Wildman–Crippen MR) is 257 cm³/mol. The number of anilines is 2. The SMILES string of the molecule is Cc1cccc(N2C(=O)Cc3c(C(N)=O)nc(-c4ccc(-c5ccccc5)cc4)nc32)c1.Cc1cccc(N=C=O)c1.O=C=O.O=C=O.O=Cc1ccc(-c2ccccc2)cc1.[C-]#[N+]/C(N)=C(/N)C#N. The second-order valence-electron chi connectivity index (χ2n) is 14.1. The number of carbonyl (C=O) groups excluding carboxylic acids is 8. The molecule has 70 heavy (non-hydrogen) atoms. The average Bonchev–Trinajstić information content (AvgIpc) is 3.72. The van der Waals surface area contributed by atoms with Gasteiger partial charge in [0.15, 0.2) is 5.82 Å². The first-order valence-electron chi connectivity index (χ1n) is 20.3. The van der Waals surface area contributed by atoms with E-state index in [-0.39, 0.29) is 41.8 Å². The fourth-order valence-corrected chi connectivity index (χ4v) is 6.23. The van der Waals surface area contributed by atoms with Gasteiger partial charge >= 0.3 is 12.3 Å². The van der Waals surface area contributed by atoms with Crippen LogP contribution in [-0.2, 0) is 35.2 Å². The topological polar surface area (TPSA) is 284 Å². The molecule has 0 unspecified atom stereocenters. The van der Waals surface area contributed by atoms with Crippen molar-refractivity contribution in [1.82, 2.24) is 9.97 Å². The highest BCUT2D eigenvalue weighted by Crippen LogP contribution is 2.37. The number of aldehydes is 1. The standard InChI is InChI=1S/C26H20N4O2.C13H10O.C8H7NO.C4H4N4.2CO2/c1-16-6-5-9-20(14-16)30-22(31)15-21-23(24(27)32)28-25(29-26(21)30)19-12-10-18(11-13-19)17-7-3-2-4-8-17;14-10-11-6-8-13(9-7-11)12-4-2-1-3-5-12;1-7-3-2-4-8(5-7)9-6-10;1-8-4(7)3(6)2-5;2*2-1-3/h2-14H,15H2,1H3,(H2,27,32);1-10H;2-5H,1H3;6-7H2;;/b;;;4-3+;;. The molecule has 0 aliphatic carbocycles. The van der Waals surface area contributed by atoms with Crippen molar-refractivity contribution in [3.63, 3.8) is 0 Å². The monoisotopic (exact) mass is 931 g/mol. The number of nitrogens with zero attached hydrogens (tertiary/aromatic N) is 6. The Labute approximate surface area is 401 Å². The molecule has 7 aromatic rings. The fourth-order valence-electron chi connectivity index (χ4n) is 6.23. The van der Waals surface area contributed by atoms with Crippen LogP contribution in [0.2, 0.25) is 0 Å². The van der Waals surface area contributed by atoms with Gasteiger partial charge < -0.3 is 22.0 Å². The van der Waals surface area contributed by atoms with Gasteiger partial charge in [-0.3, -0.25) is 19.3 Å². The molecule has 1 aliphatic heterocycles. The number of fused-ring (bicyclic) bond motifs is 1. The number of nitriles is 1. The van der Waals surface area contributed by atoms with E-state index >= 15 is 0 Å². The highest BCUT2D eigenvalue weighted by atomic mass is 16.2. The summed E-state index contributed by atoms with van der Waals surface area (Å²) in [4.78, 5) is 94.7. The number of primary amides is 1. The quantitative estimate of drug-likeness (QED) is 0.0451. The molecular weight excluding hydrogens is 891 g/mol. The number of carbonyl (C=O) groups is 3. The van der Waals surface area contributed by atoms with Gasteiger partial charge in [-0.05, 0) is 71.5 Å². The van der Waals surface area contributed by atoms with Gasteiger partial charge in [0, 0.05) is 16.7 Å². The first-order valence-corrected chi connectivity index (χ1v) is 20.3. The van der Waals surface area contributed by atoms with Gasteiger partial charge in [0.25, 0.3) is 11.7 Å². The van der Waals surface area contributed by atoms with Crippen LogP contribution < -0.4 is 22.1 Å². The van der Waals surface area contributed by atoms with Crippen molar-refractivity contribution < 1.29 is 38.4 Å². The molecule has 17 heteroatoms. The van der Waals surface area contributed by atoms with Crippen molar-refractivity contribution in [1.29, 1.82) is 5.26 Å². The zero-order chi connectivity index (χ0) is 51.4. The number of aliphatic imine (C=N–C) groups is 1. The number of hydrogen-bond acceptors (Lipinski definition) is 14. The first-order chi connectivity index (χ1) is 33.8. The molecule has 0 radical (unpaired) electrons. The van der Waals surface area contributed by atoms with Crippen molar-refractivity contribution in [3.05, 3.63) is 209 Å². The van der Waals surface area contributed by atoms with Gasteiger partial charge in [0.1, 0.15) is 29.6 Å². The van der Waals surface area contributed by atoms with Gasteiger partial charge in [-0.2, -0.15) is 29.4 Å². The lowest BCUT2D eigenvalue weighted by Crippen LogP contribution is -2.21. The van der Waals surface area contributed by atoms with Crippen molar-refractivity contribution in [2.75, 3.05) is 4.90 Å². The molecule has 0 fully saturated rings. The number of benzene rings is 6. The Morgan fingerprint density at radius 2 is 1.17 bits per heavy atom. The highest BCUT2D eigenvalue weighted by molar-refractivity contribution is 6.09. The molecular formula is C53H41N9O8. The molecule has 6 N–H and O–H groups in total. The van der Waals surface area contributed by atoms with E-state index < -0.39 is 5.91 Å². The average molecular weight is 932 g/mol. The number of rotatable bonds is 7. The van der Waals surface area contributed by atoms with Gasteiger partial charge in [0.05, 0.1) is 17.8 Å². The Balaban J connectivity index is 0.000000280. The molecule has 0 saturated carbocycles. The lowest BCUT2D eigenvalue weighted by Gasteiger charge is -2.18. The minimum atomic E-state index is -0.676. The largest absolute Gasteiger partial charge is 0.398 e. The molecule has 2 amide bonds. The van der Waals surface area contributed by atoms with Crippen LogP contribution >= 0.6 is 0 Å². The van der Waals surface area contributed by atoms with Crippen molar-refractivity contribution in [3.8, 4) is 39.7 Å². The third-order valence-corrected chi connectivity index (χ3v) is 9.37. The summed E-state index contributed by atoms with van der Waals surface area (Å²) in [6.07, 6.45) is 2.88. The van der Waals surface area contributed by atoms with E-state index in [0.717, 1.165) is 39.7 Å². The molecule has 1 aromatic heterocycles. The first kappa shape index (κ1) is 53.8. The summed E-state index contributed by atoms with van der Waals surface area (Å²) in [6.45, 7) is 10.2. The third kappa shape index (κ3) is 16.2. The molecule has 17 nitrogen and oxygen atoms in total. The Bertz CT molecular complexity index is 3110. The zero-order valence-electron chi connectivity index (χ0n) is 37.5. The second-order valence-corrected chi connectivity index (χ2v) is 14.1. The van der Waals surface area contributed by atoms with E-state index in [4.69, 9.17) is 53.2 Å². The summed E-state index contributed by atoms with van der Waals surface area (Å²) in [6, 6.07) is 52.0. The van der Waals surface area contributed by atoms with Gasteiger partial charge in [-0.15, -0.1) is 0 Å². The minimum Gasteiger partial charge on any atom is -0.398 e. The van der Waals surface area contributed by atoms with E-state index in [0.29, 0.717) is 34.1 Å². The summed E-state index contributed by atoms with van der Waals surface area (Å²) in [5.74, 6) is -0.327.